The summed E-state index contributed by atoms with van der Waals surface area (Å²) < 4.78 is 7.83. The normalized spacial score (nSPS) is 18.5. The quantitative estimate of drug-likeness (QED) is 0.847. The molecule has 3 heterocycles. The summed E-state index contributed by atoms with van der Waals surface area (Å²) in [6.07, 6.45) is 5.98. The zero-order chi connectivity index (χ0) is 14.8. The van der Waals surface area contributed by atoms with Crippen LogP contribution in [0.3, 0.4) is 0 Å². The fourth-order valence-corrected chi connectivity index (χ4v) is 2.88. The van der Waals surface area contributed by atoms with Crippen molar-refractivity contribution < 1.29 is 4.74 Å². The number of hydrogen-bond acceptors (Lipinski definition) is 4. The molecule has 2 aromatic heterocycles. The monoisotopic (exact) mass is 286 g/mol. The molecular formula is C16H22N4O. The minimum absolute atomic E-state index is 0.704. The Morgan fingerprint density at radius 2 is 2.29 bits per heavy atom. The summed E-state index contributed by atoms with van der Waals surface area (Å²) in [4.78, 5) is 6.60. The second-order valence-electron chi connectivity index (χ2n) is 5.60. The largest absolute Gasteiger partial charge is 0.437 e. The van der Waals surface area contributed by atoms with Crippen LogP contribution in [0.2, 0.25) is 0 Å². The Hall–Kier alpha value is -1.88. The third-order valence-electron chi connectivity index (χ3n) is 4.24. The van der Waals surface area contributed by atoms with Gasteiger partial charge in [-0.2, -0.15) is 5.10 Å². The molecule has 5 nitrogen and oxygen atoms in total. The van der Waals surface area contributed by atoms with Gasteiger partial charge in [0, 0.05) is 32.4 Å². The Morgan fingerprint density at radius 1 is 1.43 bits per heavy atom. The fraction of sp³-hybridized carbons (Fsp3) is 0.500. The van der Waals surface area contributed by atoms with Crippen LogP contribution in [-0.4, -0.2) is 32.3 Å². The lowest BCUT2D eigenvalue weighted by molar-refractivity contribution is 0.0781. The van der Waals surface area contributed by atoms with Crippen LogP contribution in [0.25, 0.3) is 0 Å². The van der Waals surface area contributed by atoms with E-state index >= 15 is 0 Å². The van der Waals surface area contributed by atoms with Crippen molar-refractivity contribution in [3.05, 3.63) is 35.8 Å². The molecule has 1 unspecified atom stereocenters. The Bertz CT molecular complexity index is 606. The van der Waals surface area contributed by atoms with E-state index in [-0.39, 0.29) is 0 Å². The number of ether oxygens (including phenoxy) is 1. The number of rotatable bonds is 5. The first-order chi connectivity index (χ1) is 10.2. The minimum atomic E-state index is 0.704. The third-order valence-corrected chi connectivity index (χ3v) is 4.24. The number of aryl methyl sites for hydroxylation is 2. The number of pyridine rings is 1. The summed E-state index contributed by atoms with van der Waals surface area (Å²) in [5.41, 5.74) is 2.22. The molecule has 0 aromatic carbocycles. The molecule has 0 bridgehead atoms. The number of aromatic nitrogens is 3. The van der Waals surface area contributed by atoms with Crippen LogP contribution in [0.1, 0.15) is 31.0 Å². The molecule has 0 radical (unpaired) electrons. The zero-order valence-corrected chi connectivity index (χ0v) is 12.9. The van der Waals surface area contributed by atoms with Crippen molar-refractivity contribution in [3.63, 3.8) is 0 Å². The first kappa shape index (κ1) is 14.1. The minimum Gasteiger partial charge on any atom is -0.437 e. The molecule has 0 spiro atoms. The highest BCUT2D eigenvalue weighted by atomic mass is 16.5. The van der Waals surface area contributed by atoms with Crippen LogP contribution in [0.5, 0.6) is 11.6 Å². The molecule has 1 saturated heterocycles. The van der Waals surface area contributed by atoms with Crippen molar-refractivity contribution in [2.45, 2.75) is 39.3 Å². The lowest BCUT2D eigenvalue weighted by Crippen LogP contribution is -2.46. The molecule has 1 fully saturated rings. The Balaban J connectivity index is 1.83. The Kier molecular flexibility index (Phi) is 3.92. The van der Waals surface area contributed by atoms with Crippen LogP contribution in [0.15, 0.2) is 24.5 Å². The van der Waals surface area contributed by atoms with E-state index in [0.717, 1.165) is 23.9 Å². The van der Waals surface area contributed by atoms with E-state index in [4.69, 9.17) is 4.74 Å². The standard InChI is InChI=1S/C16H22N4O/c1-4-13-7-9-20(13)11-15-12(2)18-19(3)16(15)21-14-6-5-8-17-10-14/h5-6,8,10,13H,4,7,9,11H2,1-3H3. The molecule has 1 aliphatic heterocycles. The second kappa shape index (κ2) is 5.85. The highest BCUT2D eigenvalue weighted by molar-refractivity contribution is 5.35. The highest BCUT2D eigenvalue weighted by Gasteiger charge is 2.28. The van der Waals surface area contributed by atoms with Gasteiger partial charge >= 0.3 is 0 Å². The molecule has 2 aromatic rings. The molecule has 112 valence electrons. The van der Waals surface area contributed by atoms with Gasteiger partial charge in [-0.15, -0.1) is 0 Å². The molecule has 5 heteroatoms. The van der Waals surface area contributed by atoms with Crippen LogP contribution < -0.4 is 4.74 Å². The van der Waals surface area contributed by atoms with Gasteiger partial charge in [0.1, 0.15) is 5.75 Å². The first-order valence-electron chi connectivity index (χ1n) is 7.53. The number of nitrogens with zero attached hydrogens (tertiary/aromatic N) is 4. The second-order valence-corrected chi connectivity index (χ2v) is 5.60. The average molecular weight is 286 g/mol. The van der Waals surface area contributed by atoms with Gasteiger partial charge in [0.2, 0.25) is 5.88 Å². The molecule has 21 heavy (non-hydrogen) atoms. The van der Waals surface area contributed by atoms with Gasteiger partial charge in [-0.3, -0.25) is 9.88 Å². The Morgan fingerprint density at radius 3 is 2.90 bits per heavy atom. The highest BCUT2D eigenvalue weighted by Crippen LogP contribution is 2.31. The number of likely N-dealkylation sites (tertiary alicyclic amines) is 1. The van der Waals surface area contributed by atoms with Gasteiger partial charge in [-0.1, -0.05) is 6.92 Å². The van der Waals surface area contributed by atoms with E-state index in [1.165, 1.54) is 24.9 Å². The molecule has 0 amide bonds. The summed E-state index contributed by atoms with van der Waals surface area (Å²) in [6, 6.07) is 4.49. The topological polar surface area (TPSA) is 43.2 Å². The van der Waals surface area contributed by atoms with E-state index < -0.39 is 0 Å². The SMILES string of the molecule is CCC1CCN1Cc1c(C)nn(C)c1Oc1cccnc1. The summed E-state index contributed by atoms with van der Waals surface area (Å²) in [5.74, 6) is 1.57. The lowest BCUT2D eigenvalue weighted by atomic mass is 9.99. The van der Waals surface area contributed by atoms with Gasteiger partial charge in [-0.25, -0.2) is 4.68 Å². The van der Waals surface area contributed by atoms with Crippen LogP contribution >= 0.6 is 0 Å². The Labute approximate surface area is 125 Å². The lowest BCUT2D eigenvalue weighted by Gasteiger charge is -2.40. The van der Waals surface area contributed by atoms with E-state index in [9.17, 15) is 0 Å². The summed E-state index contributed by atoms with van der Waals surface area (Å²) in [5, 5.41) is 4.51. The van der Waals surface area contributed by atoms with Gasteiger partial charge in [-0.05, 0) is 31.9 Å². The molecule has 0 aliphatic carbocycles. The van der Waals surface area contributed by atoms with Crippen molar-refractivity contribution in [3.8, 4) is 11.6 Å². The molecule has 0 saturated carbocycles. The maximum Gasteiger partial charge on any atom is 0.222 e. The fourth-order valence-electron chi connectivity index (χ4n) is 2.88. The smallest absolute Gasteiger partial charge is 0.222 e. The van der Waals surface area contributed by atoms with Crippen LogP contribution in [0, 0.1) is 6.92 Å². The maximum absolute atomic E-state index is 6.01. The van der Waals surface area contributed by atoms with Crippen molar-refractivity contribution in [2.75, 3.05) is 6.54 Å². The summed E-state index contributed by atoms with van der Waals surface area (Å²) in [7, 11) is 1.93. The molecule has 0 N–H and O–H groups in total. The van der Waals surface area contributed by atoms with Crippen molar-refractivity contribution in [1.82, 2.24) is 19.7 Å². The van der Waals surface area contributed by atoms with Crippen molar-refractivity contribution in [1.29, 1.82) is 0 Å². The molecule has 1 aliphatic rings. The van der Waals surface area contributed by atoms with E-state index in [1.54, 1.807) is 12.4 Å². The molecule has 3 rings (SSSR count). The first-order valence-corrected chi connectivity index (χ1v) is 7.53. The summed E-state index contributed by atoms with van der Waals surface area (Å²) in [6.45, 7) is 6.37. The van der Waals surface area contributed by atoms with Crippen molar-refractivity contribution in [2.24, 2.45) is 7.05 Å². The van der Waals surface area contributed by atoms with E-state index in [0.29, 0.717) is 6.04 Å². The average Bonchev–Trinajstić information content (AvgIpc) is 2.71. The molecule has 1 atom stereocenters. The summed E-state index contributed by atoms with van der Waals surface area (Å²) >= 11 is 0. The van der Waals surface area contributed by atoms with Crippen molar-refractivity contribution >= 4 is 0 Å². The third kappa shape index (κ3) is 2.78. The van der Waals surface area contributed by atoms with Gasteiger partial charge in [0.05, 0.1) is 17.5 Å². The van der Waals surface area contributed by atoms with Crippen LogP contribution in [-0.2, 0) is 13.6 Å². The zero-order valence-electron chi connectivity index (χ0n) is 12.9. The van der Waals surface area contributed by atoms with Gasteiger partial charge < -0.3 is 4.74 Å². The predicted octanol–water partition coefficient (Wildman–Crippen LogP) is 2.90. The van der Waals surface area contributed by atoms with Crippen LogP contribution in [0.4, 0.5) is 0 Å². The van der Waals surface area contributed by atoms with E-state index in [1.807, 2.05) is 30.8 Å². The van der Waals surface area contributed by atoms with E-state index in [2.05, 4.69) is 21.9 Å². The number of hydrogen-bond donors (Lipinski definition) is 0. The maximum atomic E-state index is 6.01. The predicted molar refractivity (Wildman–Crippen MR) is 81.4 cm³/mol. The van der Waals surface area contributed by atoms with Gasteiger partial charge in [0.15, 0.2) is 0 Å². The molecular weight excluding hydrogens is 264 g/mol. The van der Waals surface area contributed by atoms with Gasteiger partial charge in [0.25, 0.3) is 0 Å².